The van der Waals surface area contributed by atoms with Crippen molar-refractivity contribution in [1.82, 2.24) is 5.32 Å². The largest absolute Gasteiger partial charge is 0.508 e. The van der Waals surface area contributed by atoms with Crippen molar-refractivity contribution in [3.05, 3.63) is 29.8 Å². The summed E-state index contributed by atoms with van der Waals surface area (Å²) in [5.41, 5.74) is 0.799. The molecular formula is C17H23NO4. The predicted octanol–water partition coefficient (Wildman–Crippen LogP) is 2.47. The third-order valence-electron chi connectivity index (χ3n) is 4.23. The van der Waals surface area contributed by atoms with Gasteiger partial charge in [-0.25, -0.2) is 0 Å². The highest BCUT2D eigenvalue weighted by Gasteiger charge is 2.29. The van der Waals surface area contributed by atoms with Crippen LogP contribution in [0, 0.1) is 5.92 Å². The minimum Gasteiger partial charge on any atom is -0.508 e. The second-order valence-corrected chi connectivity index (χ2v) is 5.95. The smallest absolute Gasteiger partial charge is 0.308 e. The minimum atomic E-state index is -0.822. The monoisotopic (exact) mass is 305 g/mol. The number of carbonyl (C=O) groups excluding carboxylic acids is 1. The van der Waals surface area contributed by atoms with Crippen molar-refractivity contribution in [3.8, 4) is 5.75 Å². The minimum absolute atomic E-state index is 0.162. The van der Waals surface area contributed by atoms with Gasteiger partial charge >= 0.3 is 5.97 Å². The number of rotatable bonds is 4. The van der Waals surface area contributed by atoms with Crippen molar-refractivity contribution in [2.45, 2.75) is 51.0 Å². The van der Waals surface area contributed by atoms with E-state index in [0.29, 0.717) is 6.42 Å². The SMILES string of the molecule is O=C(Cc1ccc(O)cc1)NC1CCCCCCC1C(=O)O. The summed E-state index contributed by atoms with van der Waals surface area (Å²) in [4.78, 5) is 23.6. The van der Waals surface area contributed by atoms with E-state index < -0.39 is 11.9 Å². The molecule has 1 aliphatic rings. The molecule has 0 spiro atoms. The normalized spacial score (nSPS) is 22.4. The number of amides is 1. The quantitative estimate of drug-likeness (QED) is 0.797. The highest BCUT2D eigenvalue weighted by molar-refractivity contribution is 5.80. The van der Waals surface area contributed by atoms with Crippen molar-refractivity contribution in [2.24, 2.45) is 5.92 Å². The van der Waals surface area contributed by atoms with Gasteiger partial charge in [-0.3, -0.25) is 9.59 Å². The molecule has 2 rings (SSSR count). The molecule has 5 nitrogen and oxygen atoms in total. The lowest BCUT2D eigenvalue weighted by molar-refractivity contribution is -0.143. The van der Waals surface area contributed by atoms with Gasteiger partial charge in [0.1, 0.15) is 5.75 Å². The summed E-state index contributed by atoms with van der Waals surface area (Å²) < 4.78 is 0. The van der Waals surface area contributed by atoms with Gasteiger partial charge in [0.15, 0.2) is 0 Å². The molecule has 1 aromatic carbocycles. The second kappa shape index (κ2) is 7.82. The fourth-order valence-corrected chi connectivity index (χ4v) is 3.01. The lowest BCUT2D eigenvalue weighted by atomic mass is 9.86. The van der Waals surface area contributed by atoms with Gasteiger partial charge in [0.05, 0.1) is 12.3 Å². The average Bonchev–Trinajstić information content (AvgIpc) is 2.44. The van der Waals surface area contributed by atoms with Crippen molar-refractivity contribution in [2.75, 3.05) is 0 Å². The summed E-state index contributed by atoms with van der Waals surface area (Å²) in [7, 11) is 0. The van der Waals surface area contributed by atoms with E-state index in [0.717, 1.165) is 37.7 Å². The van der Waals surface area contributed by atoms with E-state index in [2.05, 4.69) is 5.32 Å². The summed E-state index contributed by atoms with van der Waals surface area (Å²) in [6, 6.07) is 6.18. The van der Waals surface area contributed by atoms with Crippen molar-refractivity contribution >= 4 is 11.9 Å². The van der Waals surface area contributed by atoms with Crippen molar-refractivity contribution in [1.29, 1.82) is 0 Å². The first-order valence-corrected chi connectivity index (χ1v) is 7.86. The van der Waals surface area contributed by atoms with Gasteiger partial charge in [-0.05, 0) is 30.5 Å². The number of phenols is 1. The van der Waals surface area contributed by atoms with Crippen LogP contribution in [0.15, 0.2) is 24.3 Å². The Labute approximate surface area is 130 Å². The molecule has 1 aliphatic carbocycles. The van der Waals surface area contributed by atoms with Crippen LogP contribution in [0.25, 0.3) is 0 Å². The number of carbonyl (C=O) groups is 2. The van der Waals surface area contributed by atoms with Gasteiger partial charge in [-0.15, -0.1) is 0 Å². The van der Waals surface area contributed by atoms with Crippen LogP contribution in [0.1, 0.15) is 44.1 Å². The number of hydrogen-bond donors (Lipinski definition) is 3. The van der Waals surface area contributed by atoms with Gasteiger partial charge < -0.3 is 15.5 Å². The van der Waals surface area contributed by atoms with E-state index in [-0.39, 0.29) is 24.1 Å². The Morgan fingerprint density at radius 3 is 2.32 bits per heavy atom. The van der Waals surface area contributed by atoms with Crippen LogP contribution >= 0.6 is 0 Å². The van der Waals surface area contributed by atoms with Crippen LogP contribution in [-0.2, 0) is 16.0 Å². The summed E-state index contributed by atoms with van der Waals surface area (Å²) >= 11 is 0. The molecule has 0 radical (unpaired) electrons. The molecule has 120 valence electrons. The Bertz CT molecular complexity index is 512. The van der Waals surface area contributed by atoms with Crippen LogP contribution in [0.2, 0.25) is 0 Å². The van der Waals surface area contributed by atoms with E-state index >= 15 is 0 Å². The van der Waals surface area contributed by atoms with Gasteiger partial charge in [-0.2, -0.15) is 0 Å². The number of hydrogen-bond acceptors (Lipinski definition) is 3. The van der Waals surface area contributed by atoms with Crippen LogP contribution in [-0.4, -0.2) is 28.1 Å². The number of aromatic hydroxyl groups is 1. The van der Waals surface area contributed by atoms with E-state index in [1.54, 1.807) is 24.3 Å². The van der Waals surface area contributed by atoms with Gasteiger partial charge in [0, 0.05) is 6.04 Å². The number of benzene rings is 1. The number of aliphatic carboxylic acids is 1. The van der Waals surface area contributed by atoms with Gasteiger partial charge in [0.2, 0.25) is 5.91 Å². The lowest BCUT2D eigenvalue weighted by Crippen LogP contribution is -2.44. The molecule has 0 bridgehead atoms. The molecule has 0 heterocycles. The molecule has 1 saturated carbocycles. The molecule has 3 N–H and O–H groups in total. The molecule has 1 aromatic rings. The maximum absolute atomic E-state index is 12.2. The predicted molar refractivity (Wildman–Crippen MR) is 82.6 cm³/mol. The lowest BCUT2D eigenvalue weighted by Gasteiger charge is -2.27. The first-order valence-electron chi connectivity index (χ1n) is 7.86. The molecule has 1 amide bonds. The maximum Gasteiger partial charge on any atom is 0.308 e. The van der Waals surface area contributed by atoms with Crippen LogP contribution in [0.5, 0.6) is 5.75 Å². The Kier molecular flexibility index (Phi) is 5.81. The fourth-order valence-electron chi connectivity index (χ4n) is 3.01. The van der Waals surface area contributed by atoms with Crippen LogP contribution in [0.4, 0.5) is 0 Å². The first-order chi connectivity index (χ1) is 10.6. The molecular weight excluding hydrogens is 282 g/mol. The average molecular weight is 305 g/mol. The zero-order chi connectivity index (χ0) is 15.9. The summed E-state index contributed by atoms with van der Waals surface area (Å²) in [6.45, 7) is 0. The molecule has 0 aromatic heterocycles. The number of carboxylic acids is 1. The highest BCUT2D eigenvalue weighted by atomic mass is 16.4. The molecule has 0 aliphatic heterocycles. The Balaban J connectivity index is 1.97. The fraction of sp³-hybridized carbons (Fsp3) is 0.529. The molecule has 5 heteroatoms. The van der Waals surface area contributed by atoms with Crippen molar-refractivity contribution < 1.29 is 19.8 Å². The zero-order valence-electron chi connectivity index (χ0n) is 12.6. The van der Waals surface area contributed by atoms with E-state index in [1.165, 1.54) is 0 Å². The topological polar surface area (TPSA) is 86.6 Å². The van der Waals surface area contributed by atoms with Crippen LogP contribution < -0.4 is 5.32 Å². The third-order valence-corrected chi connectivity index (χ3v) is 4.23. The molecule has 22 heavy (non-hydrogen) atoms. The Morgan fingerprint density at radius 1 is 1.05 bits per heavy atom. The summed E-state index contributed by atoms with van der Waals surface area (Å²) in [5.74, 6) is -1.32. The summed E-state index contributed by atoms with van der Waals surface area (Å²) in [5, 5.41) is 21.5. The Morgan fingerprint density at radius 2 is 1.68 bits per heavy atom. The van der Waals surface area contributed by atoms with E-state index in [1.807, 2.05) is 0 Å². The number of nitrogens with one attached hydrogen (secondary N) is 1. The molecule has 0 saturated heterocycles. The first kappa shape index (κ1) is 16.3. The molecule has 2 unspecified atom stereocenters. The van der Waals surface area contributed by atoms with Gasteiger partial charge in [-0.1, -0.05) is 37.8 Å². The van der Waals surface area contributed by atoms with Gasteiger partial charge in [0.25, 0.3) is 0 Å². The third kappa shape index (κ3) is 4.76. The molecule has 2 atom stereocenters. The molecule has 1 fully saturated rings. The maximum atomic E-state index is 12.2. The van der Waals surface area contributed by atoms with E-state index in [9.17, 15) is 19.8 Å². The second-order valence-electron chi connectivity index (χ2n) is 5.95. The highest BCUT2D eigenvalue weighted by Crippen LogP contribution is 2.23. The Hall–Kier alpha value is -2.04. The number of phenolic OH excluding ortho intramolecular Hbond substituents is 1. The zero-order valence-corrected chi connectivity index (χ0v) is 12.6. The van der Waals surface area contributed by atoms with Crippen molar-refractivity contribution in [3.63, 3.8) is 0 Å². The number of carboxylic acid groups (broad SMARTS) is 1. The summed E-state index contributed by atoms with van der Waals surface area (Å²) in [6.07, 6.45) is 5.56. The standard InChI is InChI=1S/C17H23NO4/c19-13-9-7-12(8-10-13)11-16(20)18-15-6-4-2-1-3-5-14(15)17(21)22/h7-10,14-15,19H,1-6,11H2,(H,18,20)(H,21,22). The van der Waals surface area contributed by atoms with Crippen LogP contribution in [0.3, 0.4) is 0 Å². The van der Waals surface area contributed by atoms with E-state index in [4.69, 9.17) is 0 Å².